The van der Waals surface area contributed by atoms with Gasteiger partial charge in [0.05, 0.1) is 23.4 Å². The number of carbonyl (C=O) groups excluding carboxylic acids is 3. The Morgan fingerprint density at radius 1 is 0.932 bits per heavy atom. The van der Waals surface area contributed by atoms with Crippen LogP contribution in [-0.4, -0.2) is 36.2 Å². The van der Waals surface area contributed by atoms with Crippen LogP contribution in [-0.2, 0) is 4.79 Å². The summed E-state index contributed by atoms with van der Waals surface area (Å²) >= 11 is 9.12. The van der Waals surface area contributed by atoms with Gasteiger partial charge in [-0.15, -0.1) is 0 Å². The molecule has 2 N–H and O–H groups in total. The van der Waals surface area contributed by atoms with Gasteiger partial charge in [0.15, 0.2) is 17.2 Å². The van der Waals surface area contributed by atoms with E-state index in [2.05, 4.69) is 70.0 Å². The molecule has 0 bridgehead atoms. The van der Waals surface area contributed by atoms with Crippen molar-refractivity contribution in [2.45, 2.75) is 6.92 Å². The highest BCUT2D eigenvalue weighted by Gasteiger charge is 2.21. The molecule has 0 spiro atoms. The lowest BCUT2D eigenvalue weighted by molar-refractivity contribution is -0.132. The van der Waals surface area contributed by atoms with Gasteiger partial charge in [0.1, 0.15) is 5.69 Å². The van der Waals surface area contributed by atoms with Crippen molar-refractivity contribution >= 4 is 89.4 Å². The Bertz CT molecular complexity index is 1940. The SMILES string of the molecule is COc1cc(C(=O)Oc2c(Br)cc(Br)cc2C=NNC(=O)c2[nH]c3ccc(I)cc3c2-c2ccccc2)ccc1OC(C)=O. The second-order valence-electron chi connectivity index (χ2n) is 9.28. The third-order valence-corrected chi connectivity index (χ3v) is 8.02. The van der Waals surface area contributed by atoms with Crippen LogP contribution in [0.25, 0.3) is 22.0 Å². The van der Waals surface area contributed by atoms with Gasteiger partial charge >= 0.3 is 11.9 Å². The number of hydrazone groups is 1. The van der Waals surface area contributed by atoms with Gasteiger partial charge in [-0.25, -0.2) is 10.2 Å². The Morgan fingerprint density at radius 3 is 2.43 bits per heavy atom. The van der Waals surface area contributed by atoms with Crippen molar-refractivity contribution in [1.82, 2.24) is 10.4 Å². The zero-order valence-electron chi connectivity index (χ0n) is 23.1. The molecule has 0 saturated heterocycles. The Hall–Kier alpha value is -4.01. The van der Waals surface area contributed by atoms with Gasteiger partial charge in [-0.1, -0.05) is 46.3 Å². The zero-order chi connectivity index (χ0) is 31.4. The number of nitrogens with zero attached hydrogens (tertiary/aromatic N) is 1. The number of H-pyrrole nitrogens is 1. The molecule has 0 saturated carbocycles. The van der Waals surface area contributed by atoms with E-state index in [1.807, 2.05) is 48.5 Å². The van der Waals surface area contributed by atoms with E-state index in [0.717, 1.165) is 25.6 Å². The van der Waals surface area contributed by atoms with Crippen LogP contribution in [0.3, 0.4) is 0 Å². The highest BCUT2D eigenvalue weighted by molar-refractivity contribution is 14.1. The van der Waals surface area contributed by atoms with E-state index >= 15 is 0 Å². The summed E-state index contributed by atoms with van der Waals surface area (Å²) in [5.74, 6) is -1.13. The number of ether oxygens (including phenoxy) is 3. The lowest BCUT2D eigenvalue weighted by Gasteiger charge is -2.12. The van der Waals surface area contributed by atoms with Crippen molar-refractivity contribution in [2.75, 3.05) is 7.11 Å². The number of amides is 1. The molecule has 44 heavy (non-hydrogen) atoms. The average Bonchev–Trinajstić information content (AvgIpc) is 3.37. The number of hydrogen-bond donors (Lipinski definition) is 2. The Labute approximate surface area is 282 Å². The summed E-state index contributed by atoms with van der Waals surface area (Å²) in [7, 11) is 1.39. The molecule has 0 atom stereocenters. The highest BCUT2D eigenvalue weighted by Crippen LogP contribution is 2.35. The lowest BCUT2D eigenvalue weighted by atomic mass is 10.0. The number of carbonyl (C=O) groups is 3. The number of fused-ring (bicyclic) bond motifs is 1. The number of esters is 2. The van der Waals surface area contributed by atoms with Crippen LogP contribution in [0.4, 0.5) is 0 Å². The third-order valence-electron chi connectivity index (χ3n) is 6.30. The van der Waals surface area contributed by atoms with Crippen molar-refractivity contribution in [2.24, 2.45) is 5.10 Å². The minimum atomic E-state index is -0.695. The molecule has 1 aromatic heterocycles. The summed E-state index contributed by atoms with van der Waals surface area (Å²) in [6, 6.07) is 23.3. The molecule has 12 heteroatoms. The number of benzene rings is 4. The number of methoxy groups -OCH3 is 1. The minimum Gasteiger partial charge on any atom is -0.493 e. The normalized spacial score (nSPS) is 11.0. The van der Waals surface area contributed by atoms with E-state index in [9.17, 15) is 14.4 Å². The molecule has 5 rings (SSSR count). The maximum Gasteiger partial charge on any atom is 0.343 e. The zero-order valence-corrected chi connectivity index (χ0v) is 28.4. The van der Waals surface area contributed by atoms with Crippen LogP contribution < -0.4 is 19.6 Å². The van der Waals surface area contributed by atoms with E-state index in [-0.39, 0.29) is 22.8 Å². The van der Waals surface area contributed by atoms with Crippen LogP contribution in [0.5, 0.6) is 17.2 Å². The van der Waals surface area contributed by atoms with Gasteiger partial charge in [-0.2, -0.15) is 5.10 Å². The molecule has 1 amide bonds. The molecular formula is C32H22Br2IN3O6. The number of aromatic nitrogens is 1. The lowest BCUT2D eigenvalue weighted by Crippen LogP contribution is -2.19. The van der Waals surface area contributed by atoms with Crippen molar-refractivity contribution in [1.29, 1.82) is 0 Å². The fourth-order valence-electron chi connectivity index (χ4n) is 4.42. The van der Waals surface area contributed by atoms with Crippen LogP contribution >= 0.6 is 54.5 Å². The molecule has 0 aliphatic heterocycles. The van der Waals surface area contributed by atoms with E-state index in [1.54, 1.807) is 12.1 Å². The van der Waals surface area contributed by atoms with Gasteiger partial charge in [0.25, 0.3) is 5.91 Å². The number of nitrogens with one attached hydrogen (secondary N) is 2. The first kappa shape index (κ1) is 31.4. The summed E-state index contributed by atoms with van der Waals surface area (Å²) in [6.07, 6.45) is 1.38. The molecule has 5 aromatic rings. The second kappa shape index (κ2) is 13.7. The molecule has 0 fully saturated rings. The Kier molecular flexibility index (Phi) is 9.81. The first-order valence-corrected chi connectivity index (χ1v) is 15.6. The van der Waals surface area contributed by atoms with Crippen LogP contribution in [0.15, 0.2) is 92.9 Å². The molecule has 222 valence electrons. The summed E-state index contributed by atoms with van der Waals surface area (Å²) in [5.41, 5.74) is 5.98. The van der Waals surface area contributed by atoms with Crippen molar-refractivity contribution in [3.05, 3.63) is 108 Å². The van der Waals surface area contributed by atoms with Crippen molar-refractivity contribution in [3.63, 3.8) is 0 Å². The average molecular weight is 831 g/mol. The predicted molar refractivity (Wildman–Crippen MR) is 183 cm³/mol. The van der Waals surface area contributed by atoms with Crippen LogP contribution in [0.2, 0.25) is 0 Å². The third kappa shape index (κ3) is 7.03. The number of halogens is 3. The predicted octanol–water partition coefficient (Wildman–Crippen LogP) is 7.88. The molecule has 1 heterocycles. The van der Waals surface area contributed by atoms with E-state index in [0.29, 0.717) is 20.2 Å². The first-order chi connectivity index (χ1) is 21.1. The van der Waals surface area contributed by atoms with Gasteiger partial charge in [0, 0.05) is 37.0 Å². The first-order valence-electron chi connectivity index (χ1n) is 12.9. The molecule has 0 aliphatic carbocycles. The second-order valence-corrected chi connectivity index (χ2v) is 12.3. The van der Waals surface area contributed by atoms with E-state index in [4.69, 9.17) is 14.2 Å². The maximum absolute atomic E-state index is 13.4. The Morgan fingerprint density at radius 2 is 1.70 bits per heavy atom. The fraction of sp³-hybridized carbons (Fsp3) is 0.0625. The molecular weight excluding hydrogens is 809 g/mol. The van der Waals surface area contributed by atoms with Gasteiger partial charge in [-0.3, -0.25) is 9.59 Å². The fourth-order valence-corrected chi connectivity index (χ4v) is 6.26. The maximum atomic E-state index is 13.4. The standard InChI is InChI=1S/C32H22Br2IN3O6/c1-17(39)43-26-11-8-19(13-27(26)42-2)32(41)44-30-20(12-21(33)14-24(30)34)16-36-38-31(40)29-28(18-6-4-3-5-7-18)23-15-22(35)9-10-25(23)37-29/h3-16,37H,1-2H3,(H,38,40). The summed E-state index contributed by atoms with van der Waals surface area (Å²) in [4.78, 5) is 41.1. The summed E-state index contributed by atoms with van der Waals surface area (Å²) in [5, 5.41) is 5.10. The van der Waals surface area contributed by atoms with E-state index < -0.39 is 17.8 Å². The Balaban J connectivity index is 1.41. The van der Waals surface area contributed by atoms with Crippen LogP contribution in [0, 0.1) is 3.57 Å². The van der Waals surface area contributed by atoms with Crippen LogP contribution in [0.1, 0.15) is 33.3 Å². The van der Waals surface area contributed by atoms with Gasteiger partial charge in [0.2, 0.25) is 0 Å². The topological polar surface area (TPSA) is 119 Å². The molecule has 0 aliphatic rings. The van der Waals surface area contributed by atoms with Crippen molar-refractivity contribution < 1.29 is 28.6 Å². The summed E-state index contributed by atoms with van der Waals surface area (Å²) < 4.78 is 18.3. The van der Waals surface area contributed by atoms with Gasteiger partial charge < -0.3 is 19.2 Å². The van der Waals surface area contributed by atoms with Crippen molar-refractivity contribution in [3.8, 4) is 28.4 Å². The number of hydrogen-bond acceptors (Lipinski definition) is 7. The van der Waals surface area contributed by atoms with E-state index in [1.165, 1.54) is 38.4 Å². The molecule has 0 unspecified atom stereocenters. The quantitative estimate of drug-likeness (QED) is 0.0541. The monoisotopic (exact) mass is 829 g/mol. The summed E-state index contributed by atoms with van der Waals surface area (Å²) in [6.45, 7) is 1.27. The number of aromatic amines is 1. The largest absolute Gasteiger partial charge is 0.493 e. The molecule has 0 radical (unpaired) electrons. The highest BCUT2D eigenvalue weighted by atomic mass is 127. The van der Waals surface area contributed by atoms with Gasteiger partial charge in [-0.05, 0) is 92.6 Å². The molecule has 9 nitrogen and oxygen atoms in total. The minimum absolute atomic E-state index is 0.158. The smallest absolute Gasteiger partial charge is 0.343 e. The molecule has 4 aromatic carbocycles. The number of rotatable bonds is 8.